The van der Waals surface area contributed by atoms with Crippen molar-refractivity contribution in [2.45, 2.75) is 60.3 Å². The Morgan fingerprint density at radius 3 is 2.06 bits per heavy atom. The zero-order valence-electron chi connectivity index (χ0n) is 12.6. The lowest BCUT2D eigenvalue weighted by Crippen LogP contribution is -2.28. The molecule has 1 aliphatic rings. The summed E-state index contributed by atoms with van der Waals surface area (Å²) >= 11 is 0. The molecule has 0 saturated heterocycles. The Morgan fingerprint density at radius 1 is 0.941 bits per heavy atom. The fourth-order valence-corrected chi connectivity index (χ4v) is 3.58. The number of hydrogen-bond acceptors (Lipinski definition) is 1. The molecule has 0 radical (unpaired) electrons. The molecule has 102 valence electrons. The minimum Gasteiger partial charge on any atom is -0.316 e. The Balaban J connectivity index is 2.18. The van der Waals surface area contributed by atoms with Gasteiger partial charge in [-0.25, -0.2) is 0 Å². The van der Waals surface area contributed by atoms with Crippen LogP contribution in [-0.4, -0.2) is 13.1 Å². The van der Waals surface area contributed by atoms with E-state index in [2.05, 4.69) is 39.9 Å². The summed E-state index contributed by atoms with van der Waals surface area (Å²) in [5.74, 6) is 4.52. The molecule has 0 heterocycles. The Hall–Kier alpha value is -0.0400. The van der Waals surface area contributed by atoms with Crippen molar-refractivity contribution in [1.29, 1.82) is 0 Å². The van der Waals surface area contributed by atoms with Crippen LogP contribution < -0.4 is 5.32 Å². The minimum atomic E-state index is 0.775. The van der Waals surface area contributed by atoms with E-state index in [-0.39, 0.29) is 0 Å². The Morgan fingerprint density at radius 2 is 1.53 bits per heavy atom. The number of rotatable bonds is 6. The second-order valence-corrected chi connectivity index (χ2v) is 7.18. The second-order valence-electron chi connectivity index (χ2n) is 7.18. The van der Waals surface area contributed by atoms with Crippen LogP contribution in [0.25, 0.3) is 0 Å². The van der Waals surface area contributed by atoms with Crippen LogP contribution >= 0.6 is 0 Å². The molecule has 1 saturated carbocycles. The molecule has 0 bridgehead atoms. The van der Waals surface area contributed by atoms with Crippen molar-refractivity contribution < 1.29 is 0 Å². The van der Waals surface area contributed by atoms with Crippen molar-refractivity contribution in [3.05, 3.63) is 0 Å². The Kier molecular flexibility index (Phi) is 6.54. The maximum atomic E-state index is 3.60. The van der Waals surface area contributed by atoms with Crippen molar-refractivity contribution in [2.24, 2.45) is 29.6 Å². The van der Waals surface area contributed by atoms with Gasteiger partial charge in [0.05, 0.1) is 0 Å². The largest absolute Gasteiger partial charge is 0.316 e. The highest BCUT2D eigenvalue weighted by molar-refractivity contribution is 4.76. The van der Waals surface area contributed by atoms with E-state index >= 15 is 0 Å². The van der Waals surface area contributed by atoms with Gasteiger partial charge in [-0.2, -0.15) is 0 Å². The van der Waals surface area contributed by atoms with Gasteiger partial charge in [-0.15, -0.1) is 0 Å². The van der Waals surface area contributed by atoms with Crippen LogP contribution in [0.15, 0.2) is 0 Å². The zero-order chi connectivity index (χ0) is 12.8. The minimum absolute atomic E-state index is 0.775. The molecule has 1 N–H and O–H groups in total. The summed E-state index contributed by atoms with van der Waals surface area (Å²) in [5, 5.41) is 3.60. The topological polar surface area (TPSA) is 12.0 Å². The lowest BCUT2D eigenvalue weighted by atomic mass is 9.74. The van der Waals surface area contributed by atoms with E-state index in [1.807, 2.05) is 0 Å². The molecule has 0 aromatic rings. The summed E-state index contributed by atoms with van der Waals surface area (Å²) in [4.78, 5) is 0. The van der Waals surface area contributed by atoms with Crippen molar-refractivity contribution in [3.63, 3.8) is 0 Å². The zero-order valence-corrected chi connectivity index (χ0v) is 12.6. The first-order valence-corrected chi connectivity index (χ1v) is 7.68. The third-order valence-corrected chi connectivity index (χ3v) is 4.06. The first-order chi connectivity index (χ1) is 7.97. The predicted octanol–water partition coefficient (Wildman–Crippen LogP) is 4.33. The van der Waals surface area contributed by atoms with E-state index in [0.29, 0.717) is 0 Å². The Labute approximate surface area is 109 Å². The molecule has 1 rings (SSSR count). The van der Waals surface area contributed by atoms with Gasteiger partial charge >= 0.3 is 0 Å². The van der Waals surface area contributed by atoms with Crippen molar-refractivity contribution in [2.75, 3.05) is 13.1 Å². The van der Waals surface area contributed by atoms with Gasteiger partial charge in [-0.3, -0.25) is 0 Å². The molecule has 3 atom stereocenters. The molecule has 1 fully saturated rings. The monoisotopic (exact) mass is 239 g/mol. The highest BCUT2D eigenvalue weighted by Gasteiger charge is 2.24. The molecule has 1 heteroatoms. The average molecular weight is 239 g/mol. The van der Waals surface area contributed by atoms with Crippen LogP contribution in [-0.2, 0) is 0 Å². The van der Waals surface area contributed by atoms with E-state index < -0.39 is 0 Å². The molecule has 0 aromatic heterocycles. The van der Waals surface area contributed by atoms with Crippen LogP contribution in [0.3, 0.4) is 0 Å². The molecular weight excluding hydrogens is 206 g/mol. The summed E-state index contributed by atoms with van der Waals surface area (Å²) in [6, 6.07) is 0. The fourth-order valence-electron chi connectivity index (χ4n) is 3.58. The summed E-state index contributed by atoms with van der Waals surface area (Å²) < 4.78 is 0. The van der Waals surface area contributed by atoms with Gasteiger partial charge in [0, 0.05) is 0 Å². The molecular formula is C16H33N. The third-order valence-electron chi connectivity index (χ3n) is 4.06. The second kappa shape index (κ2) is 7.41. The number of hydrogen-bond donors (Lipinski definition) is 1. The van der Waals surface area contributed by atoms with Crippen LogP contribution in [0.2, 0.25) is 0 Å². The maximum Gasteiger partial charge on any atom is -0.00229 e. The highest BCUT2D eigenvalue weighted by Crippen LogP contribution is 2.35. The van der Waals surface area contributed by atoms with E-state index in [9.17, 15) is 0 Å². The van der Waals surface area contributed by atoms with Crippen LogP contribution in [0.4, 0.5) is 0 Å². The van der Waals surface area contributed by atoms with E-state index in [1.165, 1.54) is 38.8 Å². The van der Waals surface area contributed by atoms with Gasteiger partial charge in [-0.1, -0.05) is 34.6 Å². The average Bonchev–Trinajstić information content (AvgIpc) is 2.14. The van der Waals surface area contributed by atoms with Crippen molar-refractivity contribution in [3.8, 4) is 0 Å². The maximum absolute atomic E-state index is 3.60. The van der Waals surface area contributed by atoms with Crippen LogP contribution in [0, 0.1) is 29.6 Å². The standard InChI is InChI=1S/C16H33N/c1-12(2)10-17-11-15(5)9-16-7-13(3)6-14(4)8-16/h12-17H,6-11H2,1-5H3. The first-order valence-electron chi connectivity index (χ1n) is 7.68. The summed E-state index contributed by atoms with van der Waals surface area (Å²) in [5.41, 5.74) is 0. The molecule has 0 amide bonds. The van der Waals surface area contributed by atoms with Gasteiger partial charge in [0.25, 0.3) is 0 Å². The SMILES string of the molecule is CC(C)CNCC(C)CC1CC(C)CC(C)C1. The van der Waals surface area contributed by atoms with Gasteiger partial charge < -0.3 is 5.32 Å². The van der Waals surface area contributed by atoms with Gasteiger partial charge in [0.1, 0.15) is 0 Å². The fraction of sp³-hybridized carbons (Fsp3) is 1.00. The van der Waals surface area contributed by atoms with E-state index in [1.54, 1.807) is 0 Å². The van der Waals surface area contributed by atoms with Gasteiger partial charge in [-0.05, 0) is 68.4 Å². The van der Waals surface area contributed by atoms with Crippen LogP contribution in [0.5, 0.6) is 0 Å². The Bertz CT molecular complexity index is 190. The molecule has 0 aliphatic heterocycles. The molecule has 17 heavy (non-hydrogen) atoms. The normalized spacial score (nSPS) is 31.8. The lowest BCUT2D eigenvalue weighted by molar-refractivity contribution is 0.191. The van der Waals surface area contributed by atoms with Gasteiger partial charge in [0.15, 0.2) is 0 Å². The van der Waals surface area contributed by atoms with E-state index in [4.69, 9.17) is 0 Å². The quantitative estimate of drug-likeness (QED) is 0.727. The molecule has 0 aromatic carbocycles. The first kappa shape index (κ1) is 15.0. The van der Waals surface area contributed by atoms with Gasteiger partial charge in [0.2, 0.25) is 0 Å². The summed E-state index contributed by atoms with van der Waals surface area (Å²) in [6.45, 7) is 14.2. The third kappa shape index (κ3) is 6.45. The molecule has 0 spiro atoms. The number of nitrogens with one attached hydrogen (secondary N) is 1. The lowest BCUT2D eigenvalue weighted by Gasteiger charge is -2.33. The molecule has 1 nitrogen and oxygen atoms in total. The van der Waals surface area contributed by atoms with E-state index in [0.717, 1.165) is 29.6 Å². The van der Waals surface area contributed by atoms with Crippen LogP contribution in [0.1, 0.15) is 60.3 Å². The predicted molar refractivity (Wildman–Crippen MR) is 77.2 cm³/mol. The molecule has 1 aliphatic carbocycles. The molecule has 3 unspecified atom stereocenters. The van der Waals surface area contributed by atoms with Crippen molar-refractivity contribution in [1.82, 2.24) is 5.32 Å². The highest BCUT2D eigenvalue weighted by atomic mass is 14.9. The smallest absolute Gasteiger partial charge is 0.00229 e. The summed E-state index contributed by atoms with van der Waals surface area (Å²) in [6.07, 6.45) is 5.83. The summed E-state index contributed by atoms with van der Waals surface area (Å²) in [7, 11) is 0. The van der Waals surface area contributed by atoms with Crippen molar-refractivity contribution >= 4 is 0 Å².